The van der Waals surface area contributed by atoms with Gasteiger partial charge in [0.15, 0.2) is 7.85 Å². The molecule has 0 N–H and O–H groups in total. The fourth-order valence-corrected chi connectivity index (χ4v) is 3.27. The zero-order valence-corrected chi connectivity index (χ0v) is 14.3. The largest absolute Gasteiger partial charge is 0.271 e. The molecule has 0 aromatic carbocycles. The molecule has 0 spiro atoms. The molecule has 0 bridgehead atoms. The zero-order chi connectivity index (χ0) is 16.4. The van der Waals surface area contributed by atoms with E-state index >= 15 is 0 Å². The maximum Gasteiger partial charge on any atom is 0.163 e. The Kier molecular flexibility index (Phi) is 4.40. The van der Waals surface area contributed by atoms with Crippen LogP contribution < -0.4 is 5.59 Å². The summed E-state index contributed by atoms with van der Waals surface area (Å²) in [7, 11) is 1.97. The molecule has 0 saturated heterocycles. The van der Waals surface area contributed by atoms with Gasteiger partial charge in [-0.25, -0.2) is 4.52 Å². The maximum atomic E-state index is 9.36. The van der Waals surface area contributed by atoms with Gasteiger partial charge in [0.25, 0.3) is 0 Å². The number of nitriles is 1. The number of fused-ring (bicyclic) bond motifs is 1. The third kappa shape index (κ3) is 3.25. The first-order chi connectivity index (χ1) is 11.1. The summed E-state index contributed by atoms with van der Waals surface area (Å²) in [6, 6.07) is 8.40. The van der Waals surface area contributed by atoms with Gasteiger partial charge in [0.2, 0.25) is 0 Å². The van der Waals surface area contributed by atoms with E-state index in [1.165, 1.54) is 0 Å². The van der Waals surface area contributed by atoms with E-state index in [2.05, 4.69) is 36.1 Å². The second kappa shape index (κ2) is 6.47. The van der Waals surface area contributed by atoms with Crippen molar-refractivity contribution in [1.29, 1.82) is 5.26 Å². The normalized spacial score (nSPS) is 11.0. The lowest BCUT2D eigenvalue weighted by Gasteiger charge is -2.10. The van der Waals surface area contributed by atoms with Crippen LogP contribution in [0.1, 0.15) is 19.4 Å². The molecule has 0 saturated carbocycles. The SMILES string of the molecule is Bc1ccc(-c2cc(SCC(C)C)cn3ncc(C#N)c23)cn1. The highest BCUT2D eigenvalue weighted by Gasteiger charge is 2.13. The molecule has 3 aromatic heterocycles. The number of rotatable bonds is 4. The minimum Gasteiger partial charge on any atom is -0.271 e. The quantitative estimate of drug-likeness (QED) is 0.547. The summed E-state index contributed by atoms with van der Waals surface area (Å²) in [5, 5.41) is 13.7. The number of thioether (sulfide) groups is 1. The standard InChI is InChI=1S/C17H17BN4S/c1-11(2)10-23-14-5-15(12-3-4-16(18)20-7-12)17-13(6-19)8-21-22(17)9-14/h3-5,7-9,11H,10,18H2,1-2H3. The number of hydrogen-bond acceptors (Lipinski definition) is 4. The maximum absolute atomic E-state index is 9.36. The van der Waals surface area contributed by atoms with Gasteiger partial charge in [-0.15, -0.1) is 11.8 Å². The molecule has 0 aliphatic heterocycles. The summed E-state index contributed by atoms with van der Waals surface area (Å²) in [5.41, 5.74) is 4.40. The molecule has 23 heavy (non-hydrogen) atoms. The predicted octanol–water partition coefficient (Wildman–Crippen LogP) is 2.27. The van der Waals surface area contributed by atoms with Gasteiger partial charge in [0, 0.05) is 34.2 Å². The highest BCUT2D eigenvalue weighted by Crippen LogP contribution is 2.31. The lowest BCUT2D eigenvalue weighted by Crippen LogP contribution is -2.06. The lowest BCUT2D eigenvalue weighted by atomic mass is 10.0. The van der Waals surface area contributed by atoms with Gasteiger partial charge in [-0.2, -0.15) is 10.4 Å². The van der Waals surface area contributed by atoms with Gasteiger partial charge >= 0.3 is 0 Å². The number of nitrogens with zero attached hydrogens (tertiary/aromatic N) is 4. The molecule has 114 valence electrons. The highest BCUT2D eigenvalue weighted by molar-refractivity contribution is 7.99. The van der Waals surface area contributed by atoms with E-state index in [0.717, 1.165) is 32.9 Å². The minimum absolute atomic E-state index is 0.584. The highest BCUT2D eigenvalue weighted by atomic mass is 32.2. The van der Waals surface area contributed by atoms with Crippen LogP contribution in [0, 0.1) is 17.2 Å². The molecule has 0 atom stereocenters. The van der Waals surface area contributed by atoms with Gasteiger partial charge in [0.1, 0.15) is 6.07 Å². The topological polar surface area (TPSA) is 54.0 Å². The van der Waals surface area contributed by atoms with E-state index in [1.54, 1.807) is 10.7 Å². The van der Waals surface area contributed by atoms with Gasteiger partial charge < -0.3 is 0 Å². The van der Waals surface area contributed by atoms with Crippen molar-refractivity contribution in [2.45, 2.75) is 18.7 Å². The van der Waals surface area contributed by atoms with Crippen LogP contribution in [0.3, 0.4) is 0 Å². The number of hydrogen-bond donors (Lipinski definition) is 0. The number of pyridine rings is 2. The Morgan fingerprint density at radius 2 is 2.17 bits per heavy atom. The zero-order valence-electron chi connectivity index (χ0n) is 13.4. The average Bonchev–Trinajstić information content (AvgIpc) is 2.96. The third-order valence-electron chi connectivity index (χ3n) is 3.51. The second-order valence-corrected chi connectivity index (χ2v) is 7.04. The van der Waals surface area contributed by atoms with Crippen LogP contribution in [0.5, 0.6) is 0 Å². The van der Waals surface area contributed by atoms with E-state index in [0.29, 0.717) is 11.5 Å². The third-order valence-corrected chi connectivity index (χ3v) is 4.90. The molecule has 3 heterocycles. The van der Waals surface area contributed by atoms with E-state index < -0.39 is 0 Å². The van der Waals surface area contributed by atoms with Crippen LogP contribution in [0.2, 0.25) is 0 Å². The predicted molar refractivity (Wildman–Crippen MR) is 96.9 cm³/mol. The minimum atomic E-state index is 0.584. The number of aromatic nitrogens is 3. The smallest absolute Gasteiger partial charge is 0.163 e. The molecule has 0 aliphatic carbocycles. The summed E-state index contributed by atoms with van der Waals surface area (Å²) in [5.74, 6) is 1.66. The fourth-order valence-electron chi connectivity index (χ4n) is 2.37. The van der Waals surface area contributed by atoms with Gasteiger partial charge in [-0.05, 0) is 17.6 Å². The van der Waals surface area contributed by atoms with Crippen LogP contribution in [0.15, 0.2) is 41.7 Å². The van der Waals surface area contributed by atoms with Crippen molar-refractivity contribution in [1.82, 2.24) is 14.6 Å². The summed E-state index contributed by atoms with van der Waals surface area (Å²) in [6.45, 7) is 4.41. The molecule has 0 unspecified atom stereocenters. The monoisotopic (exact) mass is 320 g/mol. The molecule has 0 fully saturated rings. The first-order valence-electron chi connectivity index (χ1n) is 7.56. The van der Waals surface area contributed by atoms with Crippen LogP contribution in [0.25, 0.3) is 16.6 Å². The molecular formula is C17H17BN4S. The van der Waals surface area contributed by atoms with Crippen molar-refractivity contribution < 1.29 is 0 Å². The van der Waals surface area contributed by atoms with Crippen molar-refractivity contribution in [3.8, 4) is 17.2 Å². The van der Waals surface area contributed by atoms with E-state index in [9.17, 15) is 5.26 Å². The Bertz CT molecular complexity index is 878. The van der Waals surface area contributed by atoms with Gasteiger partial charge in [-0.3, -0.25) is 4.98 Å². The Hall–Kier alpha value is -2.26. The van der Waals surface area contributed by atoms with Crippen LogP contribution in [-0.2, 0) is 0 Å². The average molecular weight is 320 g/mol. The Labute approximate surface area is 141 Å². The first-order valence-corrected chi connectivity index (χ1v) is 8.54. The van der Waals surface area contributed by atoms with Crippen molar-refractivity contribution >= 4 is 30.7 Å². The van der Waals surface area contributed by atoms with E-state index in [1.807, 2.05) is 44.1 Å². The first kappa shape index (κ1) is 15.6. The molecule has 4 nitrogen and oxygen atoms in total. The Balaban J connectivity index is 2.17. The molecule has 0 aliphatic rings. The van der Waals surface area contributed by atoms with Crippen molar-refractivity contribution in [2.75, 3.05) is 5.75 Å². The fraction of sp³-hybridized carbons (Fsp3) is 0.235. The van der Waals surface area contributed by atoms with Gasteiger partial charge in [-0.1, -0.05) is 26.0 Å². The van der Waals surface area contributed by atoms with E-state index in [4.69, 9.17) is 0 Å². The van der Waals surface area contributed by atoms with Crippen LogP contribution >= 0.6 is 11.8 Å². The summed E-state index contributed by atoms with van der Waals surface area (Å²) >= 11 is 1.81. The Morgan fingerprint density at radius 1 is 1.35 bits per heavy atom. The summed E-state index contributed by atoms with van der Waals surface area (Å²) in [6.07, 6.45) is 5.47. The van der Waals surface area contributed by atoms with E-state index in [-0.39, 0.29) is 0 Å². The summed E-state index contributed by atoms with van der Waals surface area (Å²) in [4.78, 5) is 5.53. The molecule has 3 rings (SSSR count). The van der Waals surface area contributed by atoms with Crippen LogP contribution in [-0.4, -0.2) is 28.2 Å². The second-order valence-electron chi connectivity index (χ2n) is 5.95. The molecule has 3 aromatic rings. The van der Waals surface area contributed by atoms with Crippen molar-refractivity contribution in [3.63, 3.8) is 0 Å². The van der Waals surface area contributed by atoms with Crippen molar-refractivity contribution in [2.24, 2.45) is 5.92 Å². The van der Waals surface area contributed by atoms with Crippen molar-refractivity contribution in [3.05, 3.63) is 42.4 Å². The van der Waals surface area contributed by atoms with Gasteiger partial charge in [0.05, 0.1) is 17.3 Å². The molecular weight excluding hydrogens is 303 g/mol. The van der Waals surface area contributed by atoms with Crippen LogP contribution in [0.4, 0.5) is 0 Å². The molecule has 0 amide bonds. The molecule has 0 radical (unpaired) electrons. The lowest BCUT2D eigenvalue weighted by molar-refractivity contribution is 0.750. The summed E-state index contributed by atoms with van der Waals surface area (Å²) < 4.78 is 1.80. The molecule has 6 heteroatoms. The Morgan fingerprint density at radius 3 is 2.83 bits per heavy atom.